The van der Waals surface area contributed by atoms with Gasteiger partial charge in [0.05, 0.1) is 27.5 Å². The molecular weight excluding hydrogens is 595 g/mol. The summed E-state index contributed by atoms with van der Waals surface area (Å²) in [7, 11) is 0. The van der Waals surface area contributed by atoms with E-state index in [0.29, 0.717) is 28.7 Å². The van der Waals surface area contributed by atoms with Crippen molar-refractivity contribution in [2.45, 2.75) is 19.3 Å². The average Bonchev–Trinajstić information content (AvgIpc) is 3.31. The van der Waals surface area contributed by atoms with Gasteiger partial charge in [-0.2, -0.15) is 22.8 Å². The molecule has 0 spiro atoms. The van der Waals surface area contributed by atoms with E-state index < -0.39 is 23.2 Å². The van der Waals surface area contributed by atoms with Crippen LogP contribution in [0.1, 0.15) is 27.0 Å². The highest BCUT2D eigenvalue weighted by atomic mass is 79.9. The van der Waals surface area contributed by atoms with Crippen molar-refractivity contribution in [1.82, 2.24) is 19.9 Å². The van der Waals surface area contributed by atoms with Crippen molar-refractivity contribution in [1.29, 1.82) is 0 Å². The molecule has 3 aromatic carbocycles. The summed E-state index contributed by atoms with van der Waals surface area (Å²) in [6.07, 6.45) is -2.96. The Morgan fingerprint density at radius 3 is 2.44 bits per heavy atom. The fourth-order valence-electron chi connectivity index (χ4n) is 4.12. The molecule has 198 valence electrons. The van der Waals surface area contributed by atoms with Gasteiger partial charge in [-0.1, -0.05) is 66.2 Å². The summed E-state index contributed by atoms with van der Waals surface area (Å²) in [5.41, 5.74) is 2.33. The Hall–Kier alpha value is -3.89. The van der Waals surface area contributed by atoms with E-state index in [0.717, 1.165) is 27.2 Å². The second kappa shape index (κ2) is 11.1. The number of alkyl halides is 3. The third-order valence-corrected chi connectivity index (χ3v) is 6.86. The minimum atomic E-state index is -4.62. The standard InChI is InChI=1S/C28H20BrClF3N5O/c29-22-16-36-38-25(13-24(37-26(22)38)20-9-2-4-11-23(20)30)34-14-17-6-5-7-18(12-17)15-35-27(39)19-8-1-3-10-21(19)28(31,32)33/h1-13,16,34H,14-15H2,(H,35,39). The molecule has 0 radical (unpaired) electrons. The van der Waals surface area contributed by atoms with Gasteiger partial charge in [-0.05, 0) is 45.3 Å². The van der Waals surface area contributed by atoms with Crippen LogP contribution >= 0.6 is 27.5 Å². The number of anilines is 1. The van der Waals surface area contributed by atoms with Crippen LogP contribution in [-0.4, -0.2) is 20.5 Å². The second-order valence-electron chi connectivity index (χ2n) is 8.63. The van der Waals surface area contributed by atoms with Crippen molar-refractivity contribution < 1.29 is 18.0 Å². The molecule has 5 rings (SSSR count). The highest BCUT2D eigenvalue weighted by molar-refractivity contribution is 9.10. The highest BCUT2D eigenvalue weighted by Crippen LogP contribution is 2.32. The lowest BCUT2D eigenvalue weighted by molar-refractivity contribution is -0.137. The van der Waals surface area contributed by atoms with Gasteiger partial charge in [-0.15, -0.1) is 0 Å². The molecule has 0 aliphatic rings. The predicted octanol–water partition coefficient (Wildman–Crippen LogP) is 7.37. The third-order valence-electron chi connectivity index (χ3n) is 5.97. The van der Waals surface area contributed by atoms with Crippen LogP contribution in [-0.2, 0) is 19.3 Å². The van der Waals surface area contributed by atoms with Crippen LogP contribution < -0.4 is 10.6 Å². The maximum absolute atomic E-state index is 13.3. The van der Waals surface area contributed by atoms with Crippen LogP contribution in [0.25, 0.3) is 16.9 Å². The van der Waals surface area contributed by atoms with Crippen LogP contribution in [0, 0.1) is 0 Å². The Balaban J connectivity index is 1.32. The van der Waals surface area contributed by atoms with Crippen molar-refractivity contribution >= 4 is 44.9 Å². The molecule has 2 aromatic heterocycles. The quantitative estimate of drug-likeness (QED) is 0.201. The summed E-state index contributed by atoms with van der Waals surface area (Å²) in [6, 6.07) is 21.4. The van der Waals surface area contributed by atoms with Crippen molar-refractivity contribution in [2.75, 3.05) is 5.32 Å². The molecule has 2 heterocycles. The number of nitrogens with zero attached hydrogens (tertiary/aromatic N) is 3. The summed E-state index contributed by atoms with van der Waals surface area (Å²) in [5.74, 6) is -0.106. The molecule has 0 saturated heterocycles. The normalized spacial score (nSPS) is 11.5. The minimum absolute atomic E-state index is 0.0706. The Labute approximate surface area is 235 Å². The molecule has 39 heavy (non-hydrogen) atoms. The molecular formula is C28H20BrClF3N5O. The number of hydrogen-bond donors (Lipinski definition) is 2. The van der Waals surface area contributed by atoms with E-state index >= 15 is 0 Å². The summed E-state index contributed by atoms with van der Waals surface area (Å²) < 4.78 is 42.2. The van der Waals surface area contributed by atoms with Gasteiger partial charge < -0.3 is 10.6 Å². The predicted molar refractivity (Wildman–Crippen MR) is 148 cm³/mol. The molecule has 0 bridgehead atoms. The van der Waals surface area contributed by atoms with E-state index in [1.807, 2.05) is 42.5 Å². The van der Waals surface area contributed by atoms with Gasteiger partial charge in [-0.3, -0.25) is 4.79 Å². The summed E-state index contributed by atoms with van der Waals surface area (Å²) >= 11 is 9.90. The number of carbonyl (C=O) groups is 1. The summed E-state index contributed by atoms with van der Waals surface area (Å²) in [5, 5.41) is 10.9. The van der Waals surface area contributed by atoms with E-state index in [9.17, 15) is 18.0 Å². The minimum Gasteiger partial charge on any atom is -0.366 e. The lowest BCUT2D eigenvalue weighted by Gasteiger charge is -2.14. The van der Waals surface area contributed by atoms with Crippen LogP contribution in [0.15, 0.2) is 89.5 Å². The number of nitrogens with one attached hydrogen (secondary N) is 2. The SMILES string of the molecule is O=C(NCc1cccc(CNc2cc(-c3ccccc3Cl)nc3c(Br)cnn23)c1)c1ccccc1C(F)(F)F. The van der Waals surface area contributed by atoms with Gasteiger partial charge in [0, 0.05) is 29.7 Å². The number of carbonyl (C=O) groups excluding carboxylic acids is 1. The zero-order chi connectivity index (χ0) is 27.6. The number of aromatic nitrogens is 3. The first kappa shape index (κ1) is 26.7. The van der Waals surface area contributed by atoms with Crippen molar-refractivity contribution in [3.05, 3.63) is 117 Å². The van der Waals surface area contributed by atoms with E-state index in [4.69, 9.17) is 16.6 Å². The van der Waals surface area contributed by atoms with Crippen molar-refractivity contribution in [3.63, 3.8) is 0 Å². The maximum Gasteiger partial charge on any atom is 0.417 e. The lowest BCUT2D eigenvalue weighted by atomic mass is 10.1. The fourth-order valence-corrected chi connectivity index (χ4v) is 4.70. The molecule has 6 nitrogen and oxygen atoms in total. The molecule has 0 aliphatic heterocycles. The number of amides is 1. The molecule has 0 aliphatic carbocycles. The molecule has 2 N–H and O–H groups in total. The van der Waals surface area contributed by atoms with Gasteiger partial charge in [0.2, 0.25) is 0 Å². The van der Waals surface area contributed by atoms with Crippen LogP contribution in [0.4, 0.5) is 19.0 Å². The van der Waals surface area contributed by atoms with Crippen molar-refractivity contribution in [2.24, 2.45) is 0 Å². The average molecular weight is 615 g/mol. The maximum atomic E-state index is 13.3. The Bertz CT molecular complexity index is 1670. The molecule has 0 atom stereocenters. The van der Waals surface area contributed by atoms with Crippen molar-refractivity contribution in [3.8, 4) is 11.3 Å². The first-order chi connectivity index (χ1) is 18.7. The van der Waals surface area contributed by atoms with Gasteiger partial charge in [0.1, 0.15) is 5.82 Å². The summed E-state index contributed by atoms with van der Waals surface area (Å²) in [6.45, 7) is 0.484. The second-order valence-corrected chi connectivity index (χ2v) is 9.90. The lowest BCUT2D eigenvalue weighted by Crippen LogP contribution is -2.25. The van der Waals surface area contributed by atoms with Gasteiger partial charge >= 0.3 is 6.18 Å². The van der Waals surface area contributed by atoms with Gasteiger partial charge in [-0.25, -0.2) is 4.98 Å². The third kappa shape index (κ3) is 5.91. The smallest absolute Gasteiger partial charge is 0.366 e. The molecule has 11 heteroatoms. The number of fused-ring (bicyclic) bond motifs is 1. The monoisotopic (exact) mass is 613 g/mol. The first-order valence-corrected chi connectivity index (χ1v) is 12.9. The molecule has 0 fully saturated rings. The Kier molecular flexibility index (Phi) is 7.58. The largest absolute Gasteiger partial charge is 0.417 e. The van der Waals surface area contributed by atoms with Gasteiger partial charge in [0.15, 0.2) is 5.65 Å². The molecule has 0 saturated carbocycles. The zero-order valence-corrected chi connectivity index (χ0v) is 22.5. The molecule has 1 amide bonds. The number of hydrogen-bond acceptors (Lipinski definition) is 4. The first-order valence-electron chi connectivity index (χ1n) is 11.8. The van der Waals surface area contributed by atoms with Gasteiger partial charge in [0.25, 0.3) is 5.91 Å². The summed E-state index contributed by atoms with van der Waals surface area (Å²) in [4.78, 5) is 17.2. The molecule has 5 aromatic rings. The number of rotatable bonds is 7. The van der Waals surface area contributed by atoms with E-state index in [1.54, 1.807) is 22.8 Å². The zero-order valence-electron chi connectivity index (χ0n) is 20.1. The highest BCUT2D eigenvalue weighted by Gasteiger charge is 2.34. The van der Waals surface area contributed by atoms with Crippen LogP contribution in [0.2, 0.25) is 5.02 Å². The van der Waals surface area contributed by atoms with Crippen LogP contribution in [0.5, 0.6) is 0 Å². The topological polar surface area (TPSA) is 71.3 Å². The Morgan fingerprint density at radius 1 is 0.949 bits per heavy atom. The van der Waals surface area contributed by atoms with Crippen LogP contribution in [0.3, 0.4) is 0 Å². The molecule has 0 unspecified atom stereocenters. The Morgan fingerprint density at radius 2 is 1.67 bits per heavy atom. The van der Waals surface area contributed by atoms with E-state index in [-0.39, 0.29) is 6.54 Å². The number of halogens is 5. The number of benzene rings is 3. The van der Waals surface area contributed by atoms with E-state index in [1.165, 1.54) is 18.2 Å². The van der Waals surface area contributed by atoms with E-state index in [2.05, 4.69) is 31.7 Å². The fraction of sp³-hybridized carbons (Fsp3) is 0.107.